The second-order valence-electron chi connectivity index (χ2n) is 6.62. The average Bonchev–Trinajstić information content (AvgIpc) is 3.45. The van der Waals surface area contributed by atoms with Gasteiger partial charge in [0.2, 0.25) is 5.91 Å². The number of aromatic nitrogens is 1. The summed E-state index contributed by atoms with van der Waals surface area (Å²) < 4.78 is 2.03. The van der Waals surface area contributed by atoms with E-state index in [1.807, 2.05) is 35.8 Å². The molecule has 4 rings (SSSR count). The van der Waals surface area contributed by atoms with Crippen molar-refractivity contribution >= 4 is 22.5 Å². The zero-order valence-corrected chi connectivity index (χ0v) is 14.5. The van der Waals surface area contributed by atoms with Crippen LogP contribution in [-0.4, -0.2) is 15.6 Å². The number of amides is 1. The highest BCUT2D eigenvalue weighted by molar-refractivity contribution is 5.96. The first-order valence-corrected chi connectivity index (χ1v) is 8.79. The van der Waals surface area contributed by atoms with Crippen LogP contribution in [0.15, 0.2) is 42.5 Å². The number of nitrogens with zero attached hydrogens (tertiary/aromatic N) is 2. The lowest BCUT2D eigenvalue weighted by Crippen LogP contribution is -2.13. The molecule has 0 bridgehead atoms. The van der Waals surface area contributed by atoms with Crippen LogP contribution >= 0.6 is 0 Å². The molecule has 1 aliphatic rings. The van der Waals surface area contributed by atoms with Crippen molar-refractivity contribution in [2.24, 2.45) is 5.92 Å². The minimum Gasteiger partial charge on any atom is -0.508 e. The summed E-state index contributed by atoms with van der Waals surface area (Å²) in [6, 6.07) is 15.0. The maximum absolute atomic E-state index is 11.9. The Morgan fingerprint density at radius 2 is 2.00 bits per heavy atom. The third kappa shape index (κ3) is 2.70. The molecule has 3 aromatic rings. The molecule has 2 aromatic carbocycles. The molecule has 5 nitrogen and oxygen atoms in total. The van der Waals surface area contributed by atoms with Crippen LogP contribution in [0.5, 0.6) is 5.75 Å². The molecule has 1 amide bonds. The van der Waals surface area contributed by atoms with Crippen molar-refractivity contribution in [2.45, 2.75) is 26.3 Å². The molecule has 0 saturated heterocycles. The molecule has 1 fully saturated rings. The van der Waals surface area contributed by atoms with Crippen LogP contribution < -0.4 is 5.32 Å². The molecule has 1 aromatic heterocycles. The fourth-order valence-corrected chi connectivity index (χ4v) is 3.38. The normalized spacial score (nSPS) is 13.5. The molecule has 2 N–H and O–H groups in total. The number of nitrogens with one attached hydrogen (secondary N) is 1. The smallest absolute Gasteiger partial charge is 0.227 e. The van der Waals surface area contributed by atoms with Gasteiger partial charge < -0.3 is 15.0 Å². The lowest BCUT2D eigenvalue weighted by molar-refractivity contribution is -0.117. The monoisotopic (exact) mass is 345 g/mol. The molecular weight excluding hydrogens is 326 g/mol. The predicted molar refractivity (Wildman–Crippen MR) is 101 cm³/mol. The third-order valence-corrected chi connectivity index (χ3v) is 4.85. The number of rotatable bonds is 4. The van der Waals surface area contributed by atoms with Gasteiger partial charge in [-0.15, -0.1) is 0 Å². The van der Waals surface area contributed by atoms with Gasteiger partial charge >= 0.3 is 0 Å². The van der Waals surface area contributed by atoms with Gasteiger partial charge in [-0.05, 0) is 49.6 Å². The number of carbonyl (C=O) groups is 1. The molecule has 0 unspecified atom stereocenters. The van der Waals surface area contributed by atoms with Crippen molar-refractivity contribution in [1.29, 1.82) is 5.26 Å². The van der Waals surface area contributed by atoms with Crippen molar-refractivity contribution in [1.82, 2.24) is 4.57 Å². The van der Waals surface area contributed by atoms with Crippen LogP contribution in [0.3, 0.4) is 0 Å². The van der Waals surface area contributed by atoms with E-state index in [-0.39, 0.29) is 17.6 Å². The van der Waals surface area contributed by atoms with Gasteiger partial charge in [-0.25, -0.2) is 0 Å². The highest BCUT2D eigenvalue weighted by Crippen LogP contribution is 2.36. The topological polar surface area (TPSA) is 78.0 Å². The molecule has 1 saturated carbocycles. The van der Waals surface area contributed by atoms with Crippen molar-refractivity contribution in [2.75, 3.05) is 5.32 Å². The van der Waals surface area contributed by atoms with Gasteiger partial charge in [-0.3, -0.25) is 4.79 Å². The number of carbonyl (C=O) groups excluding carboxylic acids is 1. The molecule has 26 heavy (non-hydrogen) atoms. The Balaban J connectivity index is 1.78. The number of anilines is 1. The van der Waals surface area contributed by atoms with E-state index in [9.17, 15) is 15.2 Å². The predicted octanol–water partition coefficient (Wildman–Crippen LogP) is 4.25. The van der Waals surface area contributed by atoms with Crippen LogP contribution in [0.2, 0.25) is 0 Å². The van der Waals surface area contributed by atoms with Crippen LogP contribution in [0.1, 0.15) is 25.3 Å². The van der Waals surface area contributed by atoms with E-state index in [4.69, 9.17) is 0 Å². The number of fused-ring (bicyclic) bond motifs is 1. The number of hydrogen-bond donors (Lipinski definition) is 2. The first kappa shape index (κ1) is 16.2. The van der Waals surface area contributed by atoms with Crippen LogP contribution in [-0.2, 0) is 11.3 Å². The minimum atomic E-state index is 0.0774. The van der Waals surface area contributed by atoms with Crippen LogP contribution in [0.4, 0.5) is 5.69 Å². The molecule has 1 aliphatic carbocycles. The number of hydrogen-bond acceptors (Lipinski definition) is 3. The first-order chi connectivity index (χ1) is 12.6. The third-order valence-electron chi connectivity index (χ3n) is 4.85. The Morgan fingerprint density at radius 1 is 1.27 bits per heavy atom. The Bertz CT molecular complexity index is 1040. The molecule has 0 spiro atoms. The van der Waals surface area contributed by atoms with Gasteiger partial charge in [0.15, 0.2) is 0 Å². The Morgan fingerprint density at radius 3 is 2.62 bits per heavy atom. The maximum atomic E-state index is 11.9. The van der Waals surface area contributed by atoms with Crippen molar-refractivity contribution in [3.05, 3.63) is 48.0 Å². The molecule has 5 heteroatoms. The average molecular weight is 345 g/mol. The quantitative estimate of drug-likeness (QED) is 0.742. The zero-order chi connectivity index (χ0) is 18.3. The minimum absolute atomic E-state index is 0.0774. The van der Waals surface area contributed by atoms with Gasteiger partial charge in [-0.1, -0.05) is 12.1 Å². The Kier molecular flexibility index (Phi) is 3.89. The fourth-order valence-electron chi connectivity index (χ4n) is 3.38. The van der Waals surface area contributed by atoms with Crippen LogP contribution in [0.25, 0.3) is 22.2 Å². The Labute approximate surface area is 151 Å². The first-order valence-electron chi connectivity index (χ1n) is 8.79. The summed E-state index contributed by atoms with van der Waals surface area (Å²) in [5.41, 5.74) is 3.93. The lowest BCUT2D eigenvalue weighted by atomic mass is 10.1. The second-order valence-corrected chi connectivity index (χ2v) is 6.62. The molecule has 0 atom stereocenters. The molecule has 0 radical (unpaired) electrons. The van der Waals surface area contributed by atoms with E-state index in [2.05, 4.69) is 11.4 Å². The Hall–Kier alpha value is -3.26. The van der Waals surface area contributed by atoms with Crippen molar-refractivity contribution in [3.8, 4) is 23.1 Å². The second kappa shape index (κ2) is 6.23. The van der Waals surface area contributed by atoms with E-state index >= 15 is 0 Å². The van der Waals surface area contributed by atoms with E-state index in [1.54, 1.807) is 18.2 Å². The largest absolute Gasteiger partial charge is 0.508 e. The summed E-state index contributed by atoms with van der Waals surface area (Å²) in [6.45, 7) is 2.69. The number of nitriles is 1. The van der Waals surface area contributed by atoms with Crippen molar-refractivity contribution < 1.29 is 9.90 Å². The van der Waals surface area contributed by atoms with E-state index in [0.29, 0.717) is 12.1 Å². The lowest BCUT2D eigenvalue weighted by Gasteiger charge is -2.10. The summed E-state index contributed by atoms with van der Waals surface area (Å²) in [5.74, 6) is 0.419. The summed E-state index contributed by atoms with van der Waals surface area (Å²) in [6.07, 6.45) is 1.94. The molecule has 1 heterocycles. The number of benzene rings is 2. The van der Waals surface area contributed by atoms with Gasteiger partial charge in [0.25, 0.3) is 0 Å². The molecule has 0 aliphatic heterocycles. The van der Waals surface area contributed by atoms with E-state index in [1.165, 1.54) is 0 Å². The molecular formula is C21H19N3O2. The number of aromatic hydroxyl groups is 1. The highest BCUT2D eigenvalue weighted by atomic mass is 16.3. The SMILES string of the molecule is CCn1c(-c2ccc(NC(=O)C3CC3)cc2)c(C#N)c2ccc(O)cc21. The number of phenols is 1. The van der Waals surface area contributed by atoms with Gasteiger partial charge in [-0.2, -0.15) is 5.26 Å². The zero-order valence-electron chi connectivity index (χ0n) is 14.5. The molecule has 130 valence electrons. The van der Waals surface area contributed by atoms with E-state index in [0.717, 1.165) is 40.7 Å². The van der Waals surface area contributed by atoms with Crippen molar-refractivity contribution in [3.63, 3.8) is 0 Å². The maximum Gasteiger partial charge on any atom is 0.227 e. The number of aryl methyl sites for hydroxylation is 1. The summed E-state index contributed by atoms with van der Waals surface area (Å²) in [5, 5.41) is 23.3. The summed E-state index contributed by atoms with van der Waals surface area (Å²) in [4.78, 5) is 11.9. The van der Waals surface area contributed by atoms with E-state index < -0.39 is 0 Å². The summed E-state index contributed by atoms with van der Waals surface area (Å²) in [7, 11) is 0. The fraction of sp³-hybridized carbons (Fsp3) is 0.238. The van der Waals surface area contributed by atoms with Gasteiger partial charge in [0.1, 0.15) is 11.8 Å². The van der Waals surface area contributed by atoms with Gasteiger partial charge in [0, 0.05) is 29.6 Å². The van der Waals surface area contributed by atoms with Gasteiger partial charge in [0.05, 0.1) is 16.8 Å². The summed E-state index contributed by atoms with van der Waals surface area (Å²) >= 11 is 0. The van der Waals surface area contributed by atoms with Crippen LogP contribution in [0, 0.1) is 17.2 Å². The number of phenolic OH excluding ortho intramolecular Hbond substituents is 1. The highest BCUT2D eigenvalue weighted by Gasteiger charge is 2.29. The standard InChI is InChI=1S/C21H19N3O2/c1-2-24-19-11-16(25)9-10-17(19)18(12-22)20(24)13-5-7-15(8-6-13)23-21(26)14-3-4-14/h5-11,14,25H,2-4H2,1H3,(H,23,26).